The maximum absolute atomic E-state index is 10.6. The fourth-order valence-corrected chi connectivity index (χ4v) is 2.07. The molecule has 0 aliphatic heterocycles. The van der Waals surface area contributed by atoms with Gasteiger partial charge in [-0.2, -0.15) is 0 Å². The molecule has 114 valence electrons. The quantitative estimate of drug-likeness (QED) is 0.340. The molecule has 2 aromatic carbocycles. The number of nitrogens with one attached hydrogen (secondary N) is 2. The highest BCUT2D eigenvalue weighted by Crippen LogP contribution is 2.12. The molecule has 0 heterocycles. The Kier molecular flexibility index (Phi) is 5.26. The highest BCUT2D eigenvalue weighted by Gasteiger charge is 2.04. The number of non-ortho nitro benzene ring substituents is 1. The molecule has 0 aliphatic rings. The second kappa shape index (κ2) is 7.37. The van der Waals surface area contributed by atoms with Gasteiger partial charge >= 0.3 is 0 Å². The zero-order valence-electron chi connectivity index (χ0n) is 11.8. The minimum Gasteiger partial charge on any atom is -0.399 e. The zero-order valence-corrected chi connectivity index (χ0v) is 12.6. The van der Waals surface area contributed by atoms with Gasteiger partial charge in [-0.15, -0.1) is 0 Å². The summed E-state index contributed by atoms with van der Waals surface area (Å²) in [6.45, 7) is 0.638. The Morgan fingerprint density at radius 1 is 1.14 bits per heavy atom. The van der Waals surface area contributed by atoms with Gasteiger partial charge in [-0.1, -0.05) is 12.1 Å². The molecule has 4 N–H and O–H groups in total. The first-order chi connectivity index (χ1) is 10.5. The summed E-state index contributed by atoms with van der Waals surface area (Å²) in [5.74, 6) is 0. The van der Waals surface area contributed by atoms with Gasteiger partial charge in [0.05, 0.1) is 4.92 Å². The van der Waals surface area contributed by atoms with Gasteiger partial charge in [0, 0.05) is 30.1 Å². The third kappa shape index (κ3) is 4.71. The molecule has 0 bridgehead atoms. The molecule has 0 radical (unpaired) electrons. The van der Waals surface area contributed by atoms with Crippen LogP contribution in [0.3, 0.4) is 0 Å². The van der Waals surface area contributed by atoms with Gasteiger partial charge in [0.25, 0.3) is 5.69 Å². The first-order valence-electron chi connectivity index (χ1n) is 6.68. The van der Waals surface area contributed by atoms with Crippen molar-refractivity contribution in [3.05, 3.63) is 64.2 Å². The molecular formula is C15H16N4O2S. The highest BCUT2D eigenvalue weighted by atomic mass is 32.1. The molecule has 0 spiro atoms. The lowest BCUT2D eigenvalue weighted by Gasteiger charge is -2.10. The van der Waals surface area contributed by atoms with Crippen molar-refractivity contribution in [1.29, 1.82) is 0 Å². The van der Waals surface area contributed by atoms with Gasteiger partial charge in [-0.05, 0) is 48.5 Å². The Bertz CT molecular complexity index is 656. The molecule has 0 amide bonds. The van der Waals surface area contributed by atoms with Crippen LogP contribution in [0.1, 0.15) is 5.56 Å². The van der Waals surface area contributed by atoms with Gasteiger partial charge < -0.3 is 16.4 Å². The number of hydrogen-bond donors (Lipinski definition) is 3. The first kappa shape index (κ1) is 15.7. The van der Waals surface area contributed by atoms with Crippen molar-refractivity contribution < 1.29 is 4.92 Å². The van der Waals surface area contributed by atoms with Gasteiger partial charge in [0.1, 0.15) is 0 Å². The molecule has 7 heteroatoms. The first-order valence-corrected chi connectivity index (χ1v) is 7.09. The Balaban J connectivity index is 1.77. The molecule has 0 saturated heterocycles. The van der Waals surface area contributed by atoms with E-state index in [-0.39, 0.29) is 5.69 Å². The number of rotatable bonds is 5. The lowest BCUT2D eigenvalue weighted by Crippen LogP contribution is -2.30. The summed E-state index contributed by atoms with van der Waals surface area (Å²) in [5, 5.41) is 17.2. The van der Waals surface area contributed by atoms with Crippen molar-refractivity contribution in [2.24, 2.45) is 0 Å². The van der Waals surface area contributed by atoms with Crippen molar-refractivity contribution >= 4 is 34.4 Å². The maximum Gasteiger partial charge on any atom is 0.269 e. The Morgan fingerprint density at radius 3 is 2.36 bits per heavy atom. The van der Waals surface area contributed by atoms with Crippen molar-refractivity contribution in [2.45, 2.75) is 6.42 Å². The number of nitrogen functional groups attached to an aromatic ring is 1. The summed E-state index contributed by atoms with van der Waals surface area (Å²) < 4.78 is 0. The van der Waals surface area contributed by atoms with E-state index in [2.05, 4.69) is 10.6 Å². The third-order valence-electron chi connectivity index (χ3n) is 3.01. The average Bonchev–Trinajstić information content (AvgIpc) is 2.50. The van der Waals surface area contributed by atoms with Crippen LogP contribution in [-0.2, 0) is 6.42 Å². The van der Waals surface area contributed by atoms with Crippen LogP contribution in [0, 0.1) is 10.1 Å². The predicted octanol–water partition coefficient (Wildman–Crippen LogP) is 2.71. The van der Waals surface area contributed by atoms with Crippen molar-refractivity contribution in [1.82, 2.24) is 5.32 Å². The van der Waals surface area contributed by atoms with E-state index >= 15 is 0 Å². The Hall–Kier alpha value is -2.67. The van der Waals surface area contributed by atoms with Crippen molar-refractivity contribution in [3.63, 3.8) is 0 Å². The summed E-state index contributed by atoms with van der Waals surface area (Å²) >= 11 is 5.20. The molecule has 0 atom stereocenters. The van der Waals surface area contributed by atoms with Crippen molar-refractivity contribution in [2.75, 3.05) is 17.6 Å². The third-order valence-corrected chi connectivity index (χ3v) is 3.26. The van der Waals surface area contributed by atoms with Crippen LogP contribution in [0.25, 0.3) is 0 Å². The number of hydrogen-bond acceptors (Lipinski definition) is 4. The van der Waals surface area contributed by atoms with Crippen molar-refractivity contribution in [3.8, 4) is 0 Å². The summed E-state index contributed by atoms with van der Waals surface area (Å²) in [6.07, 6.45) is 0.724. The van der Waals surface area contributed by atoms with E-state index in [4.69, 9.17) is 18.0 Å². The number of nitro benzene ring substituents is 1. The average molecular weight is 316 g/mol. The maximum atomic E-state index is 10.6. The SMILES string of the molecule is Nc1ccc(NC(=S)NCCc2ccc([N+](=O)[O-])cc2)cc1. The van der Waals surface area contributed by atoms with E-state index in [0.717, 1.165) is 17.7 Å². The van der Waals surface area contributed by atoms with E-state index < -0.39 is 4.92 Å². The van der Waals surface area contributed by atoms with Crippen LogP contribution < -0.4 is 16.4 Å². The van der Waals surface area contributed by atoms with Crippen LogP contribution in [0.4, 0.5) is 17.1 Å². The second-order valence-electron chi connectivity index (χ2n) is 4.68. The monoisotopic (exact) mass is 316 g/mol. The largest absolute Gasteiger partial charge is 0.399 e. The summed E-state index contributed by atoms with van der Waals surface area (Å²) in [5.41, 5.74) is 8.28. The topological polar surface area (TPSA) is 93.2 Å². The molecule has 22 heavy (non-hydrogen) atoms. The van der Waals surface area contributed by atoms with Crippen LogP contribution in [0.2, 0.25) is 0 Å². The summed E-state index contributed by atoms with van der Waals surface area (Å²) in [7, 11) is 0. The molecule has 0 aliphatic carbocycles. The van der Waals surface area contributed by atoms with Crippen LogP contribution in [0.15, 0.2) is 48.5 Å². The van der Waals surface area contributed by atoms with E-state index in [1.165, 1.54) is 12.1 Å². The summed E-state index contributed by atoms with van der Waals surface area (Å²) in [6, 6.07) is 13.8. The van der Waals surface area contributed by atoms with Crippen LogP contribution in [0.5, 0.6) is 0 Å². The van der Waals surface area contributed by atoms with E-state index in [0.29, 0.717) is 17.3 Å². The predicted molar refractivity (Wildman–Crippen MR) is 91.9 cm³/mol. The normalized spacial score (nSPS) is 10.0. The standard InChI is InChI=1S/C15H16N4O2S/c16-12-3-5-13(6-4-12)18-15(22)17-10-9-11-1-7-14(8-2-11)19(20)21/h1-8H,9-10,16H2,(H2,17,18,22). The summed E-state index contributed by atoms with van der Waals surface area (Å²) in [4.78, 5) is 10.2. The molecule has 0 unspecified atom stereocenters. The molecule has 0 aromatic heterocycles. The van der Waals surface area contributed by atoms with Crippen LogP contribution >= 0.6 is 12.2 Å². The number of nitrogens with two attached hydrogens (primary N) is 1. The number of nitrogens with zero attached hydrogens (tertiary/aromatic N) is 1. The molecule has 0 fully saturated rings. The molecule has 2 rings (SSSR count). The molecular weight excluding hydrogens is 300 g/mol. The fourth-order valence-electron chi connectivity index (χ4n) is 1.85. The molecule has 2 aromatic rings. The smallest absolute Gasteiger partial charge is 0.269 e. The Labute approximate surface area is 133 Å². The highest BCUT2D eigenvalue weighted by molar-refractivity contribution is 7.80. The van der Waals surface area contributed by atoms with E-state index in [9.17, 15) is 10.1 Å². The lowest BCUT2D eigenvalue weighted by molar-refractivity contribution is -0.384. The fraction of sp³-hybridized carbons (Fsp3) is 0.133. The van der Waals surface area contributed by atoms with Gasteiger partial charge in [0.2, 0.25) is 0 Å². The Morgan fingerprint density at radius 2 is 1.77 bits per heavy atom. The van der Waals surface area contributed by atoms with E-state index in [1.54, 1.807) is 24.3 Å². The second-order valence-corrected chi connectivity index (χ2v) is 5.08. The number of thiocarbonyl (C=S) groups is 1. The minimum absolute atomic E-state index is 0.0947. The number of benzene rings is 2. The van der Waals surface area contributed by atoms with Gasteiger partial charge in [-0.25, -0.2) is 0 Å². The van der Waals surface area contributed by atoms with Gasteiger partial charge in [0.15, 0.2) is 5.11 Å². The molecule has 0 saturated carbocycles. The van der Waals surface area contributed by atoms with E-state index in [1.807, 2.05) is 12.1 Å². The van der Waals surface area contributed by atoms with Gasteiger partial charge in [-0.3, -0.25) is 10.1 Å². The molecule has 6 nitrogen and oxygen atoms in total. The lowest BCUT2D eigenvalue weighted by atomic mass is 10.1. The minimum atomic E-state index is -0.409. The zero-order chi connectivity index (χ0) is 15.9. The number of nitro groups is 1. The number of anilines is 2. The van der Waals surface area contributed by atoms with Crippen LogP contribution in [-0.4, -0.2) is 16.6 Å².